The highest BCUT2D eigenvalue weighted by atomic mass is 32.2. The molecule has 1 rings (SSSR count). The largest absolute Gasteiger partial charge is 0.339 e. The molecular weight excluding hydrogens is 304 g/mol. The predicted octanol–water partition coefficient (Wildman–Crippen LogP) is 1.54. The molecule has 0 aliphatic heterocycles. The van der Waals surface area contributed by atoms with Crippen LogP contribution in [0.4, 0.5) is 5.69 Å². The van der Waals surface area contributed by atoms with Gasteiger partial charge >= 0.3 is 0 Å². The Balaban J connectivity index is 2.94. The highest BCUT2D eigenvalue weighted by Gasteiger charge is 2.23. The number of carbonyl (C=O) groups excluding carboxylic acids is 2. The van der Waals surface area contributed by atoms with Gasteiger partial charge in [-0.25, -0.2) is 8.42 Å². The summed E-state index contributed by atoms with van der Waals surface area (Å²) in [7, 11) is -3.46. The minimum atomic E-state index is -3.46. The van der Waals surface area contributed by atoms with E-state index in [4.69, 9.17) is 0 Å². The molecule has 122 valence electrons. The smallest absolute Gasteiger partial charge is 0.253 e. The Hall–Kier alpha value is -1.89. The molecule has 0 saturated carbocycles. The fourth-order valence-electron chi connectivity index (χ4n) is 1.86. The van der Waals surface area contributed by atoms with Gasteiger partial charge in [0, 0.05) is 30.6 Å². The van der Waals surface area contributed by atoms with Crippen LogP contribution in [0.25, 0.3) is 0 Å². The number of nitrogens with zero attached hydrogens (tertiary/aromatic N) is 1. The van der Waals surface area contributed by atoms with Crippen LogP contribution in [0.15, 0.2) is 24.3 Å². The average Bonchev–Trinajstić information content (AvgIpc) is 2.46. The highest BCUT2D eigenvalue weighted by molar-refractivity contribution is 7.92. The van der Waals surface area contributed by atoms with E-state index in [0.29, 0.717) is 24.3 Å². The van der Waals surface area contributed by atoms with Crippen LogP contribution >= 0.6 is 0 Å². The molecule has 0 aliphatic carbocycles. The van der Waals surface area contributed by atoms with Crippen LogP contribution in [-0.2, 0) is 14.6 Å². The molecule has 0 fully saturated rings. The Morgan fingerprint density at radius 3 is 2.32 bits per heavy atom. The first-order valence-corrected chi connectivity index (χ1v) is 9.05. The first-order valence-electron chi connectivity index (χ1n) is 7.09. The van der Waals surface area contributed by atoms with Crippen molar-refractivity contribution in [2.75, 3.05) is 24.7 Å². The summed E-state index contributed by atoms with van der Waals surface area (Å²) in [5.74, 6) is -0.743. The number of benzene rings is 1. The molecule has 0 heterocycles. The van der Waals surface area contributed by atoms with Crippen LogP contribution in [0.1, 0.15) is 31.1 Å². The third kappa shape index (κ3) is 4.56. The second-order valence-corrected chi connectivity index (χ2v) is 7.39. The molecule has 7 heteroatoms. The van der Waals surface area contributed by atoms with Gasteiger partial charge in [-0.3, -0.25) is 9.59 Å². The predicted molar refractivity (Wildman–Crippen MR) is 86.6 cm³/mol. The Morgan fingerprint density at radius 1 is 1.23 bits per heavy atom. The maximum atomic E-state index is 12.3. The fraction of sp³-hybridized carbons (Fsp3) is 0.467. The third-order valence-electron chi connectivity index (χ3n) is 3.44. The normalized spacial score (nSPS) is 12.5. The van der Waals surface area contributed by atoms with Crippen LogP contribution < -0.4 is 5.32 Å². The molecule has 1 atom stereocenters. The van der Waals surface area contributed by atoms with Crippen molar-refractivity contribution in [3.05, 3.63) is 29.8 Å². The van der Waals surface area contributed by atoms with Crippen LogP contribution in [0, 0.1) is 0 Å². The molecule has 0 radical (unpaired) electrons. The molecule has 22 heavy (non-hydrogen) atoms. The van der Waals surface area contributed by atoms with Crippen molar-refractivity contribution in [3.63, 3.8) is 0 Å². The van der Waals surface area contributed by atoms with Crippen molar-refractivity contribution in [1.82, 2.24) is 4.90 Å². The zero-order valence-electron chi connectivity index (χ0n) is 13.3. The van der Waals surface area contributed by atoms with Crippen LogP contribution in [-0.4, -0.2) is 49.7 Å². The van der Waals surface area contributed by atoms with Gasteiger partial charge in [0.25, 0.3) is 5.91 Å². The van der Waals surface area contributed by atoms with Crippen LogP contribution in [0.2, 0.25) is 0 Å². The molecule has 6 nitrogen and oxygen atoms in total. The summed E-state index contributed by atoms with van der Waals surface area (Å²) in [6, 6.07) is 6.48. The maximum Gasteiger partial charge on any atom is 0.253 e. The Bertz CT molecular complexity index is 651. The molecule has 2 amide bonds. The molecule has 1 aromatic rings. The number of rotatable bonds is 6. The Kier molecular flexibility index (Phi) is 6.11. The van der Waals surface area contributed by atoms with Crippen molar-refractivity contribution in [1.29, 1.82) is 0 Å². The lowest BCUT2D eigenvalue weighted by Gasteiger charge is -2.19. The summed E-state index contributed by atoms with van der Waals surface area (Å²) in [6.45, 7) is 6.30. The lowest BCUT2D eigenvalue weighted by atomic mass is 10.1. The fourth-order valence-corrected chi connectivity index (χ4v) is 2.31. The molecule has 1 N–H and O–H groups in total. The summed E-state index contributed by atoms with van der Waals surface area (Å²) < 4.78 is 22.8. The molecule has 0 aliphatic rings. The van der Waals surface area contributed by atoms with E-state index in [1.807, 2.05) is 13.8 Å². The quantitative estimate of drug-likeness (QED) is 0.859. The lowest BCUT2D eigenvalue weighted by molar-refractivity contribution is -0.115. The second kappa shape index (κ2) is 7.40. The van der Waals surface area contributed by atoms with E-state index in [9.17, 15) is 18.0 Å². The highest BCUT2D eigenvalue weighted by Crippen LogP contribution is 2.14. The third-order valence-corrected chi connectivity index (χ3v) is 4.94. The van der Waals surface area contributed by atoms with Gasteiger partial charge in [-0.05, 0) is 39.0 Å². The van der Waals surface area contributed by atoms with E-state index >= 15 is 0 Å². The van der Waals surface area contributed by atoms with Crippen molar-refractivity contribution in [2.45, 2.75) is 26.0 Å². The van der Waals surface area contributed by atoms with Crippen LogP contribution in [0.3, 0.4) is 0 Å². The maximum absolute atomic E-state index is 12.3. The molecular formula is C15H22N2O4S. The molecule has 0 spiro atoms. The zero-order valence-corrected chi connectivity index (χ0v) is 14.1. The molecule has 0 bridgehead atoms. The molecule has 0 unspecified atom stereocenters. The van der Waals surface area contributed by atoms with Gasteiger partial charge in [-0.1, -0.05) is 6.07 Å². The Labute approximate surface area is 131 Å². The number of amides is 2. The monoisotopic (exact) mass is 326 g/mol. The summed E-state index contributed by atoms with van der Waals surface area (Å²) >= 11 is 0. The number of sulfone groups is 1. The van der Waals surface area contributed by atoms with E-state index in [2.05, 4.69) is 5.32 Å². The average molecular weight is 326 g/mol. The van der Waals surface area contributed by atoms with E-state index < -0.39 is 21.0 Å². The van der Waals surface area contributed by atoms with E-state index in [0.717, 1.165) is 6.26 Å². The minimum absolute atomic E-state index is 0.128. The lowest BCUT2D eigenvalue weighted by Crippen LogP contribution is -2.32. The van der Waals surface area contributed by atoms with Gasteiger partial charge in [-0.2, -0.15) is 0 Å². The minimum Gasteiger partial charge on any atom is -0.339 e. The summed E-state index contributed by atoms with van der Waals surface area (Å²) in [4.78, 5) is 25.8. The van der Waals surface area contributed by atoms with Gasteiger partial charge in [0.05, 0.1) is 0 Å². The summed E-state index contributed by atoms with van der Waals surface area (Å²) in [5.41, 5.74) is 0.854. The number of anilines is 1. The first kappa shape index (κ1) is 18.2. The first-order chi connectivity index (χ1) is 10.2. The van der Waals surface area contributed by atoms with Gasteiger partial charge in [-0.15, -0.1) is 0 Å². The van der Waals surface area contributed by atoms with Crippen LogP contribution in [0.5, 0.6) is 0 Å². The van der Waals surface area contributed by atoms with Crippen molar-refractivity contribution in [3.8, 4) is 0 Å². The topological polar surface area (TPSA) is 83.6 Å². The van der Waals surface area contributed by atoms with Gasteiger partial charge in [0.15, 0.2) is 9.84 Å². The van der Waals surface area contributed by atoms with E-state index in [1.54, 1.807) is 29.2 Å². The van der Waals surface area contributed by atoms with Crippen molar-refractivity contribution >= 4 is 27.3 Å². The van der Waals surface area contributed by atoms with Crippen molar-refractivity contribution < 1.29 is 18.0 Å². The number of nitrogens with one attached hydrogen (secondary N) is 1. The summed E-state index contributed by atoms with van der Waals surface area (Å²) in [5, 5.41) is 1.39. The van der Waals surface area contributed by atoms with Crippen molar-refractivity contribution in [2.24, 2.45) is 0 Å². The van der Waals surface area contributed by atoms with E-state index in [1.165, 1.54) is 6.92 Å². The number of hydrogen-bond donors (Lipinski definition) is 1. The molecule has 1 aromatic carbocycles. The van der Waals surface area contributed by atoms with Gasteiger partial charge in [0.1, 0.15) is 5.25 Å². The van der Waals surface area contributed by atoms with Gasteiger partial charge in [0.2, 0.25) is 5.91 Å². The Morgan fingerprint density at radius 2 is 1.82 bits per heavy atom. The molecule has 0 aromatic heterocycles. The standard InChI is InChI=1S/C15H22N2O4S/c1-5-17(6-2)15(19)12-8-7-9-13(10-12)16-14(18)11(3)22(4,20)21/h7-11H,5-6H2,1-4H3,(H,16,18)/t11-/m1/s1. The number of carbonyl (C=O) groups is 2. The number of hydrogen-bond acceptors (Lipinski definition) is 4. The van der Waals surface area contributed by atoms with E-state index in [-0.39, 0.29) is 5.91 Å². The molecule has 0 saturated heterocycles. The zero-order chi connectivity index (χ0) is 16.9. The second-order valence-electron chi connectivity index (χ2n) is 5.02. The SMILES string of the molecule is CCN(CC)C(=O)c1cccc(NC(=O)[C@@H](C)S(C)(=O)=O)c1. The summed E-state index contributed by atoms with van der Waals surface area (Å²) in [6.07, 6.45) is 1.01. The van der Waals surface area contributed by atoms with Gasteiger partial charge < -0.3 is 10.2 Å².